The van der Waals surface area contributed by atoms with Gasteiger partial charge in [-0.25, -0.2) is 13.4 Å². The second-order valence-corrected chi connectivity index (χ2v) is 8.80. The van der Waals surface area contributed by atoms with Gasteiger partial charge in [0, 0.05) is 36.6 Å². The first-order chi connectivity index (χ1) is 15.0. The Labute approximate surface area is 181 Å². The standard InChI is InChI=1S/C21H23N5O4S/c1-31(27,28)25-17-7-5-16(6-8-17)19-14-20(30-15-18-4-2-3-9-22-18)24-21(23-19)26-10-12-29-13-11-26/h2-9,14,25H,10-13,15H2,1H3. The van der Waals surface area contributed by atoms with Gasteiger partial charge in [0.25, 0.3) is 0 Å². The van der Waals surface area contributed by atoms with Crippen molar-refractivity contribution in [2.75, 3.05) is 42.2 Å². The number of rotatable bonds is 7. The van der Waals surface area contributed by atoms with Crippen molar-refractivity contribution in [1.29, 1.82) is 0 Å². The molecule has 3 heterocycles. The third-order valence-electron chi connectivity index (χ3n) is 4.56. The van der Waals surface area contributed by atoms with Crippen LogP contribution in [0, 0.1) is 0 Å². The third-order valence-corrected chi connectivity index (χ3v) is 5.17. The van der Waals surface area contributed by atoms with E-state index in [1.165, 1.54) is 0 Å². The summed E-state index contributed by atoms with van der Waals surface area (Å²) in [4.78, 5) is 15.6. The summed E-state index contributed by atoms with van der Waals surface area (Å²) < 4.78 is 36.7. The SMILES string of the molecule is CS(=O)(=O)Nc1ccc(-c2cc(OCc3ccccn3)nc(N3CCOCC3)n2)cc1. The predicted octanol–water partition coefficient (Wildman–Crippen LogP) is 2.33. The molecule has 9 nitrogen and oxygen atoms in total. The molecule has 0 unspecified atom stereocenters. The zero-order chi connectivity index (χ0) is 21.7. The van der Waals surface area contributed by atoms with Gasteiger partial charge in [-0.15, -0.1) is 0 Å². The maximum atomic E-state index is 11.4. The van der Waals surface area contributed by atoms with Crippen molar-refractivity contribution in [2.45, 2.75) is 6.61 Å². The molecule has 1 aliphatic heterocycles. The lowest BCUT2D eigenvalue weighted by Gasteiger charge is -2.27. The quantitative estimate of drug-likeness (QED) is 0.595. The molecule has 1 aromatic carbocycles. The van der Waals surface area contributed by atoms with E-state index < -0.39 is 10.0 Å². The first kappa shape index (κ1) is 21.0. The molecule has 1 fully saturated rings. The molecule has 0 spiro atoms. The Bertz CT molecular complexity index is 1120. The Balaban J connectivity index is 1.62. The fraction of sp³-hybridized carbons (Fsp3) is 0.286. The molecular weight excluding hydrogens is 418 g/mol. The second kappa shape index (κ2) is 9.27. The summed E-state index contributed by atoms with van der Waals surface area (Å²) in [5, 5.41) is 0. The number of morpholine rings is 1. The Kier molecular flexibility index (Phi) is 6.28. The molecule has 0 bridgehead atoms. The van der Waals surface area contributed by atoms with E-state index in [0.717, 1.165) is 17.5 Å². The van der Waals surface area contributed by atoms with Crippen LogP contribution in [-0.2, 0) is 21.4 Å². The van der Waals surface area contributed by atoms with E-state index in [9.17, 15) is 8.42 Å². The highest BCUT2D eigenvalue weighted by atomic mass is 32.2. The highest BCUT2D eigenvalue weighted by molar-refractivity contribution is 7.92. The number of hydrogen-bond donors (Lipinski definition) is 1. The van der Waals surface area contributed by atoms with Crippen LogP contribution in [-0.4, -0.2) is 55.9 Å². The first-order valence-corrected chi connectivity index (χ1v) is 11.7. The molecule has 10 heteroatoms. The van der Waals surface area contributed by atoms with Crippen LogP contribution in [0.1, 0.15) is 5.69 Å². The molecule has 2 aromatic heterocycles. The van der Waals surface area contributed by atoms with Gasteiger partial charge in [-0.1, -0.05) is 18.2 Å². The number of ether oxygens (including phenoxy) is 2. The number of sulfonamides is 1. The van der Waals surface area contributed by atoms with Crippen molar-refractivity contribution in [3.8, 4) is 17.1 Å². The zero-order valence-electron chi connectivity index (χ0n) is 17.1. The minimum Gasteiger partial charge on any atom is -0.471 e. The van der Waals surface area contributed by atoms with Crippen LogP contribution in [0.2, 0.25) is 0 Å². The zero-order valence-corrected chi connectivity index (χ0v) is 17.9. The minimum absolute atomic E-state index is 0.289. The predicted molar refractivity (Wildman–Crippen MR) is 118 cm³/mol. The fourth-order valence-corrected chi connectivity index (χ4v) is 3.66. The molecule has 0 atom stereocenters. The maximum Gasteiger partial charge on any atom is 0.229 e. The van der Waals surface area contributed by atoms with Gasteiger partial charge in [-0.3, -0.25) is 9.71 Å². The number of aromatic nitrogens is 3. The van der Waals surface area contributed by atoms with E-state index in [1.807, 2.05) is 30.3 Å². The Hall–Kier alpha value is -3.24. The van der Waals surface area contributed by atoms with E-state index in [1.54, 1.807) is 24.4 Å². The fourth-order valence-electron chi connectivity index (χ4n) is 3.09. The highest BCUT2D eigenvalue weighted by Crippen LogP contribution is 2.26. The molecule has 0 aliphatic carbocycles. The van der Waals surface area contributed by atoms with Crippen LogP contribution in [0.15, 0.2) is 54.7 Å². The summed E-state index contributed by atoms with van der Waals surface area (Å²) in [6.45, 7) is 2.91. The molecule has 0 radical (unpaired) electrons. The Morgan fingerprint density at radius 3 is 2.55 bits per heavy atom. The van der Waals surface area contributed by atoms with Crippen LogP contribution < -0.4 is 14.4 Å². The van der Waals surface area contributed by atoms with Gasteiger partial charge in [0.1, 0.15) is 6.61 Å². The summed E-state index contributed by atoms with van der Waals surface area (Å²) >= 11 is 0. The average molecular weight is 442 g/mol. The lowest BCUT2D eigenvalue weighted by atomic mass is 10.1. The van der Waals surface area contributed by atoms with Crippen molar-refractivity contribution in [3.63, 3.8) is 0 Å². The van der Waals surface area contributed by atoms with Crippen molar-refractivity contribution in [1.82, 2.24) is 15.0 Å². The molecule has 31 heavy (non-hydrogen) atoms. The number of anilines is 2. The topological polar surface area (TPSA) is 107 Å². The van der Waals surface area contributed by atoms with Crippen LogP contribution in [0.25, 0.3) is 11.3 Å². The molecular formula is C21H23N5O4S. The summed E-state index contributed by atoms with van der Waals surface area (Å²) in [6.07, 6.45) is 2.83. The van der Waals surface area contributed by atoms with E-state index >= 15 is 0 Å². The van der Waals surface area contributed by atoms with Crippen LogP contribution in [0.5, 0.6) is 5.88 Å². The van der Waals surface area contributed by atoms with E-state index in [4.69, 9.17) is 14.5 Å². The second-order valence-electron chi connectivity index (χ2n) is 7.05. The summed E-state index contributed by atoms with van der Waals surface area (Å²) in [6, 6.07) is 14.4. The van der Waals surface area contributed by atoms with Crippen LogP contribution in [0.4, 0.5) is 11.6 Å². The van der Waals surface area contributed by atoms with Crippen molar-refractivity contribution >= 4 is 21.7 Å². The van der Waals surface area contributed by atoms with E-state index in [-0.39, 0.29) is 6.61 Å². The van der Waals surface area contributed by atoms with Crippen molar-refractivity contribution in [3.05, 3.63) is 60.4 Å². The minimum atomic E-state index is -3.34. The summed E-state index contributed by atoms with van der Waals surface area (Å²) in [5.41, 5.74) is 2.78. The van der Waals surface area contributed by atoms with Crippen LogP contribution in [0.3, 0.4) is 0 Å². The average Bonchev–Trinajstić information content (AvgIpc) is 2.78. The van der Waals surface area contributed by atoms with Gasteiger partial charge >= 0.3 is 0 Å². The van der Waals surface area contributed by atoms with Crippen molar-refractivity contribution in [2.24, 2.45) is 0 Å². The smallest absolute Gasteiger partial charge is 0.229 e. The Morgan fingerprint density at radius 1 is 1.10 bits per heavy atom. The molecule has 4 rings (SSSR count). The van der Waals surface area contributed by atoms with Gasteiger partial charge in [0.05, 0.1) is 30.9 Å². The third kappa shape index (κ3) is 5.89. The lowest BCUT2D eigenvalue weighted by molar-refractivity contribution is 0.122. The molecule has 0 amide bonds. The maximum absolute atomic E-state index is 11.4. The molecule has 1 aliphatic rings. The van der Waals surface area contributed by atoms with Gasteiger partial charge in [-0.05, 0) is 24.3 Å². The number of hydrogen-bond acceptors (Lipinski definition) is 8. The van der Waals surface area contributed by atoms with Gasteiger partial charge < -0.3 is 14.4 Å². The first-order valence-electron chi connectivity index (χ1n) is 9.79. The monoisotopic (exact) mass is 441 g/mol. The molecule has 162 valence electrons. The van der Waals surface area contributed by atoms with Gasteiger partial charge in [0.15, 0.2) is 0 Å². The molecule has 3 aromatic rings. The molecule has 0 saturated carbocycles. The van der Waals surface area contributed by atoms with E-state index in [0.29, 0.717) is 49.5 Å². The van der Waals surface area contributed by atoms with Crippen LogP contribution >= 0.6 is 0 Å². The van der Waals surface area contributed by atoms with Gasteiger partial charge in [-0.2, -0.15) is 4.98 Å². The number of nitrogens with zero attached hydrogens (tertiary/aromatic N) is 4. The lowest BCUT2D eigenvalue weighted by Crippen LogP contribution is -2.37. The van der Waals surface area contributed by atoms with Gasteiger partial charge in [0.2, 0.25) is 21.9 Å². The number of nitrogens with one attached hydrogen (secondary N) is 1. The number of benzene rings is 1. The summed E-state index contributed by atoms with van der Waals surface area (Å²) in [7, 11) is -3.34. The largest absolute Gasteiger partial charge is 0.471 e. The van der Waals surface area contributed by atoms with Crippen molar-refractivity contribution < 1.29 is 17.9 Å². The highest BCUT2D eigenvalue weighted by Gasteiger charge is 2.17. The Morgan fingerprint density at radius 2 is 1.87 bits per heavy atom. The normalized spacial score (nSPS) is 14.3. The number of pyridine rings is 1. The molecule has 1 saturated heterocycles. The molecule has 1 N–H and O–H groups in total. The summed E-state index contributed by atoms with van der Waals surface area (Å²) in [5.74, 6) is 1.01. The van der Waals surface area contributed by atoms with E-state index in [2.05, 4.69) is 19.6 Å².